The fourth-order valence-corrected chi connectivity index (χ4v) is 4.44. The normalized spacial score (nSPS) is 13.5. The van der Waals surface area contributed by atoms with Crippen LogP contribution in [0.25, 0.3) is 0 Å². The quantitative estimate of drug-likeness (QED) is 0.359. The van der Waals surface area contributed by atoms with Crippen LogP contribution in [0.4, 0.5) is 29.3 Å². The Balaban J connectivity index is 1.50. The van der Waals surface area contributed by atoms with Gasteiger partial charge >= 0.3 is 18.2 Å². The number of aryl methyl sites for hydroxylation is 1. The smallest absolute Gasteiger partial charge is 0.418 e. The topological polar surface area (TPSA) is 112 Å². The second kappa shape index (κ2) is 12.7. The van der Waals surface area contributed by atoms with E-state index in [1.165, 1.54) is 47.6 Å². The van der Waals surface area contributed by atoms with E-state index < -0.39 is 35.3 Å². The molecule has 1 aliphatic rings. The molecule has 2 heterocycles. The van der Waals surface area contributed by atoms with Crippen molar-refractivity contribution in [2.45, 2.75) is 39.5 Å². The van der Waals surface area contributed by atoms with Crippen LogP contribution in [0.2, 0.25) is 0 Å². The minimum absolute atomic E-state index is 0.0195. The molecule has 12 heteroatoms. The van der Waals surface area contributed by atoms with E-state index in [-0.39, 0.29) is 48.7 Å². The molecule has 0 radical (unpaired) electrons. The summed E-state index contributed by atoms with van der Waals surface area (Å²) in [6, 6.07) is 9.68. The molecule has 230 valence electrons. The molecule has 1 aliphatic heterocycles. The molecule has 1 saturated heterocycles. The summed E-state index contributed by atoms with van der Waals surface area (Å²) in [6.45, 7) is 7.76. The molecular formula is C32H31F3N4O5. The number of ether oxygens (including phenoxy) is 1. The minimum Gasteiger partial charge on any atom is -0.478 e. The van der Waals surface area contributed by atoms with E-state index in [2.05, 4.69) is 22.1 Å². The maximum absolute atomic E-state index is 14.1. The number of halogens is 3. The number of alkyl halides is 3. The predicted octanol–water partition coefficient (Wildman–Crippen LogP) is 5.82. The number of amides is 2. The zero-order valence-electron chi connectivity index (χ0n) is 24.6. The number of carboxylic acid groups (broad SMARTS) is 1. The summed E-state index contributed by atoms with van der Waals surface area (Å²) in [4.78, 5) is 43.5. The fraction of sp³-hybridized carbons (Fsp3) is 0.312. The van der Waals surface area contributed by atoms with Gasteiger partial charge < -0.3 is 25.0 Å². The van der Waals surface area contributed by atoms with E-state index in [0.29, 0.717) is 11.1 Å². The summed E-state index contributed by atoms with van der Waals surface area (Å²) in [6.07, 6.45) is -2.60. The van der Waals surface area contributed by atoms with Crippen molar-refractivity contribution in [3.05, 3.63) is 88.2 Å². The van der Waals surface area contributed by atoms with Crippen LogP contribution in [0.5, 0.6) is 0 Å². The number of carbonyl (C=O) groups excluding carboxylic acids is 2. The number of benzene rings is 2. The molecule has 2 amide bonds. The van der Waals surface area contributed by atoms with Crippen molar-refractivity contribution >= 4 is 29.3 Å². The number of rotatable bonds is 4. The van der Waals surface area contributed by atoms with Crippen LogP contribution >= 0.6 is 0 Å². The Bertz CT molecular complexity index is 1650. The van der Waals surface area contributed by atoms with Gasteiger partial charge in [-0.15, -0.1) is 0 Å². The summed E-state index contributed by atoms with van der Waals surface area (Å²) in [7, 11) is 0. The van der Waals surface area contributed by atoms with Gasteiger partial charge in [0.05, 0.1) is 11.1 Å². The van der Waals surface area contributed by atoms with Crippen LogP contribution in [0.1, 0.15) is 63.7 Å². The number of carbonyl (C=O) groups is 3. The van der Waals surface area contributed by atoms with Gasteiger partial charge in [-0.2, -0.15) is 13.2 Å². The number of aromatic nitrogens is 1. The highest BCUT2D eigenvalue weighted by atomic mass is 19.4. The third kappa shape index (κ3) is 8.06. The van der Waals surface area contributed by atoms with E-state index >= 15 is 0 Å². The van der Waals surface area contributed by atoms with Crippen LogP contribution in [0.3, 0.4) is 0 Å². The van der Waals surface area contributed by atoms with Gasteiger partial charge in [0.2, 0.25) is 0 Å². The van der Waals surface area contributed by atoms with Crippen molar-refractivity contribution in [2.24, 2.45) is 0 Å². The second-order valence-corrected chi connectivity index (χ2v) is 11.2. The van der Waals surface area contributed by atoms with Gasteiger partial charge in [0, 0.05) is 66.6 Å². The predicted molar refractivity (Wildman–Crippen MR) is 158 cm³/mol. The molecule has 0 bridgehead atoms. The molecule has 0 saturated carbocycles. The lowest BCUT2D eigenvalue weighted by atomic mass is 10.0. The molecule has 0 spiro atoms. The molecule has 2 N–H and O–H groups in total. The van der Waals surface area contributed by atoms with Crippen LogP contribution in [0, 0.1) is 18.8 Å². The van der Waals surface area contributed by atoms with Gasteiger partial charge in [-0.1, -0.05) is 17.9 Å². The zero-order chi connectivity index (χ0) is 32.2. The van der Waals surface area contributed by atoms with Gasteiger partial charge in [0.1, 0.15) is 5.60 Å². The Labute approximate surface area is 252 Å². The molecule has 0 unspecified atom stereocenters. The summed E-state index contributed by atoms with van der Waals surface area (Å²) in [5.41, 5.74) is 0.0687. The summed E-state index contributed by atoms with van der Waals surface area (Å²) in [5.74, 6) is 3.96. The monoisotopic (exact) mass is 608 g/mol. The van der Waals surface area contributed by atoms with Gasteiger partial charge in [-0.05, 0) is 69.7 Å². The van der Waals surface area contributed by atoms with Gasteiger partial charge in [-0.3, -0.25) is 9.78 Å². The zero-order valence-corrected chi connectivity index (χ0v) is 24.6. The first-order chi connectivity index (χ1) is 20.6. The number of hydrogen-bond donors (Lipinski definition) is 2. The van der Waals surface area contributed by atoms with E-state index in [0.717, 1.165) is 11.6 Å². The number of pyridine rings is 1. The highest BCUT2D eigenvalue weighted by molar-refractivity contribution is 6.04. The molecule has 0 atom stereocenters. The van der Waals surface area contributed by atoms with Gasteiger partial charge in [0.25, 0.3) is 5.91 Å². The number of nitrogens with zero attached hydrogens (tertiary/aromatic N) is 3. The van der Waals surface area contributed by atoms with Crippen molar-refractivity contribution in [2.75, 3.05) is 36.4 Å². The van der Waals surface area contributed by atoms with Crippen LogP contribution in [-0.2, 0) is 10.9 Å². The molecule has 1 aromatic heterocycles. The van der Waals surface area contributed by atoms with Crippen LogP contribution in [0.15, 0.2) is 54.9 Å². The van der Waals surface area contributed by atoms with E-state index in [9.17, 15) is 27.6 Å². The summed E-state index contributed by atoms with van der Waals surface area (Å²) >= 11 is 0. The molecule has 1 fully saturated rings. The SMILES string of the molecule is Cc1ccc(C(=O)Nc2ccc(N3CCN(C(=O)OC(C)(C)C)CC3)c(C(F)(F)F)c2)cc1C#Cc1cncc(C(=O)O)c1. The number of hydrogen-bond acceptors (Lipinski definition) is 6. The Morgan fingerprint density at radius 2 is 1.64 bits per heavy atom. The molecule has 9 nitrogen and oxygen atoms in total. The molecule has 3 aromatic rings. The number of carboxylic acids is 1. The lowest BCUT2D eigenvalue weighted by Crippen LogP contribution is -2.50. The Morgan fingerprint density at radius 1 is 0.932 bits per heavy atom. The molecular weight excluding hydrogens is 577 g/mol. The van der Waals surface area contributed by atoms with Crippen LogP contribution < -0.4 is 10.2 Å². The van der Waals surface area contributed by atoms with E-state index in [1.54, 1.807) is 38.7 Å². The first kappa shape index (κ1) is 31.9. The van der Waals surface area contributed by atoms with Crippen molar-refractivity contribution in [1.29, 1.82) is 0 Å². The fourth-order valence-electron chi connectivity index (χ4n) is 4.44. The molecule has 4 rings (SSSR count). The van der Waals surface area contributed by atoms with Crippen molar-refractivity contribution in [3.63, 3.8) is 0 Å². The second-order valence-electron chi connectivity index (χ2n) is 11.2. The van der Waals surface area contributed by atoms with Gasteiger partial charge in [-0.25, -0.2) is 9.59 Å². The summed E-state index contributed by atoms with van der Waals surface area (Å²) in [5, 5.41) is 11.7. The Kier molecular flexibility index (Phi) is 9.18. The van der Waals surface area contributed by atoms with Crippen LogP contribution in [-0.4, -0.2) is 64.7 Å². The minimum atomic E-state index is -4.70. The van der Waals surface area contributed by atoms with Gasteiger partial charge in [0.15, 0.2) is 0 Å². The Hall–Kier alpha value is -5.05. The first-order valence-corrected chi connectivity index (χ1v) is 13.7. The maximum atomic E-state index is 14.1. The average Bonchev–Trinajstić information content (AvgIpc) is 2.95. The van der Waals surface area contributed by atoms with E-state index in [4.69, 9.17) is 9.84 Å². The number of anilines is 2. The first-order valence-electron chi connectivity index (χ1n) is 13.7. The summed E-state index contributed by atoms with van der Waals surface area (Å²) < 4.78 is 47.8. The Morgan fingerprint density at radius 3 is 2.27 bits per heavy atom. The third-order valence-corrected chi connectivity index (χ3v) is 6.66. The van der Waals surface area contributed by atoms with E-state index in [1.807, 2.05) is 0 Å². The highest BCUT2D eigenvalue weighted by Gasteiger charge is 2.36. The molecule has 0 aliphatic carbocycles. The average molecular weight is 609 g/mol. The molecule has 44 heavy (non-hydrogen) atoms. The van der Waals surface area contributed by atoms with Crippen molar-refractivity contribution in [1.82, 2.24) is 9.88 Å². The lowest BCUT2D eigenvalue weighted by Gasteiger charge is -2.37. The number of piperazine rings is 1. The standard InChI is InChI=1S/C32H31F3N4O5/c1-20-5-7-23(16-22(20)8-6-21-15-24(29(41)42)19-36-18-21)28(40)37-25-9-10-27(26(17-25)32(33,34)35)38-11-13-39(14-12-38)30(43)44-31(2,3)4/h5,7,9-10,15-19H,11-14H2,1-4H3,(H,37,40)(H,41,42). The third-order valence-electron chi connectivity index (χ3n) is 6.66. The van der Waals surface area contributed by atoms with Crippen molar-refractivity contribution in [3.8, 4) is 11.8 Å². The number of aromatic carboxylic acids is 1. The maximum Gasteiger partial charge on any atom is 0.418 e. The largest absolute Gasteiger partial charge is 0.478 e. The molecule has 2 aromatic carbocycles. The highest BCUT2D eigenvalue weighted by Crippen LogP contribution is 2.39. The number of nitrogens with one attached hydrogen (secondary N) is 1. The lowest BCUT2D eigenvalue weighted by molar-refractivity contribution is -0.137. The van der Waals surface area contributed by atoms with Crippen molar-refractivity contribution < 1.29 is 37.4 Å².